The molecule has 0 aromatic heterocycles. The number of nitrogens with zero attached hydrogens (tertiary/aromatic N) is 1. The third-order valence-electron chi connectivity index (χ3n) is 6.12. The third-order valence-corrected chi connectivity index (χ3v) is 6.12. The molecule has 0 saturated carbocycles. The minimum absolute atomic E-state index is 0.0884. The van der Waals surface area contributed by atoms with Crippen molar-refractivity contribution in [2.45, 2.75) is 76.7 Å². The number of likely N-dealkylation sites (tertiary alicyclic amines) is 1. The Hall–Kier alpha value is -1.67. The van der Waals surface area contributed by atoms with E-state index in [4.69, 9.17) is 9.47 Å². The second-order valence-electron chi connectivity index (χ2n) is 9.33. The van der Waals surface area contributed by atoms with Crippen LogP contribution in [0.3, 0.4) is 0 Å². The number of ether oxygens (including phenoxy) is 2. The zero-order valence-electron chi connectivity index (χ0n) is 17.4. The molecule has 0 aromatic rings. The molecule has 28 heavy (non-hydrogen) atoms. The Morgan fingerprint density at radius 3 is 2.61 bits per heavy atom. The van der Waals surface area contributed by atoms with Crippen molar-refractivity contribution in [3.63, 3.8) is 0 Å². The van der Waals surface area contributed by atoms with Crippen molar-refractivity contribution in [1.82, 2.24) is 10.2 Å². The molecule has 3 aliphatic heterocycles. The highest BCUT2D eigenvalue weighted by molar-refractivity contribution is 5.98. The lowest BCUT2D eigenvalue weighted by Crippen LogP contribution is -2.58. The number of hydrogen-bond donors (Lipinski definition) is 2. The molecule has 3 heterocycles. The van der Waals surface area contributed by atoms with Gasteiger partial charge in [0.1, 0.15) is 17.6 Å². The van der Waals surface area contributed by atoms with Gasteiger partial charge in [-0.25, -0.2) is 0 Å². The summed E-state index contributed by atoms with van der Waals surface area (Å²) in [4.78, 5) is 40.9. The Morgan fingerprint density at radius 1 is 1.36 bits per heavy atom. The Kier molecular flexibility index (Phi) is 5.25. The van der Waals surface area contributed by atoms with E-state index in [0.29, 0.717) is 19.3 Å². The highest BCUT2D eigenvalue weighted by atomic mass is 16.6. The Labute approximate surface area is 165 Å². The van der Waals surface area contributed by atoms with E-state index >= 15 is 0 Å². The molecule has 2 unspecified atom stereocenters. The molecule has 5 atom stereocenters. The summed E-state index contributed by atoms with van der Waals surface area (Å²) < 4.78 is 11.7. The van der Waals surface area contributed by atoms with E-state index in [1.165, 1.54) is 4.90 Å². The van der Waals surface area contributed by atoms with Crippen molar-refractivity contribution >= 4 is 17.8 Å². The largest absolute Gasteiger partial charge is 0.466 e. The summed E-state index contributed by atoms with van der Waals surface area (Å²) in [5, 5.41) is 12.2. The number of carbonyl (C=O) groups is 3. The number of nitrogens with one attached hydrogen (secondary N) is 1. The van der Waals surface area contributed by atoms with Crippen molar-refractivity contribution < 1.29 is 29.0 Å². The molecule has 3 aliphatic rings. The predicted octanol–water partition coefficient (Wildman–Crippen LogP) is 0.611. The Balaban J connectivity index is 2.02. The summed E-state index contributed by atoms with van der Waals surface area (Å²) >= 11 is 0. The van der Waals surface area contributed by atoms with E-state index in [-0.39, 0.29) is 31.6 Å². The molecule has 158 valence electrons. The van der Waals surface area contributed by atoms with Crippen molar-refractivity contribution in [3.05, 3.63) is 0 Å². The SMILES string of the molecule is CCOC(=O)[C@H]1[C@H]2C(=O)N(CCCO)C(C(=O)NC(C)(C)C)C23CC[C@]1(C)O3. The zero-order chi connectivity index (χ0) is 20.9. The molecule has 2 N–H and O–H groups in total. The topological polar surface area (TPSA) is 105 Å². The number of aliphatic hydroxyl groups is 1. The van der Waals surface area contributed by atoms with Crippen molar-refractivity contribution in [2.24, 2.45) is 11.8 Å². The molecule has 3 rings (SSSR count). The average molecular weight is 396 g/mol. The van der Waals surface area contributed by atoms with Crippen LogP contribution < -0.4 is 5.32 Å². The summed E-state index contributed by atoms with van der Waals surface area (Å²) in [6, 6.07) is -0.822. The molecular weight excluding hydrogens is 364 g/mol. The molecule has 1 spiro atoms. The summed E-state index contributed by atoms with van der Waals surface area (Å²) in [7, 11) is 0. The van der Waals surface area contributed by atoms with Gasteiger partial charge < -0.3 is 24.8 Å². The van der Waals surface area contributed by atoms with Gasteiger partial charge in [-0.3, -0.25) is 14.4 Å². The summed E-state index contributed by atoms with van der Waals surface area (Å²) in [5.74, 6) is -2.44. The van der Waals surface area contributed by atoms with Crippen LogP contribution in [0.2, 0.25) is 0 Å². The molecular formula is C20H32N2O6. The number of esters is 1. The molecule has 0 radical (unpaired) electrons. The fraction of sp³-hybridized carbons (Fsp3) is 0.850. The second-order valence-corrected chi connectivity index (χ2v) is 9.33. The third kappa shape index (κ3) is 3.10. The van der Waals surface area contributed by atoms with Gasteiger partial charge in [0, 0.05) is 18.7 Å². The molecule has 0 aromatic carbocycles. The summed E-state index contributed by atoms with van der Waals surface area (Å²) in [5.41, 5.74) is -2.32. The number of carbonyl (C=O) groups excluding carboxylic acids is 3. The molecule has 3 saturated heterocycles. The average Bonchev–Trinajstić information content (AvgIpc) is 3.12. The quantitative estimate of drug-likeness (QED) is 0.638. The van der Waals surface area contributed by atoms with Crippen LogP contribution in [0.5, 0.6) is 0 Å². The first-order valence-electron chi connectivity index (χ1n) is 10.1. The first kappa shape index (κ1) is 21.0. The fourth-order valence-electron chi connectivity index (χ4n) is 5.24. The summed E-state index contributed by atoms with van der Waals surface area (Å²) in [6.45, 7) is 9.58. The van der Waals surface area contributed by atoms with E-state index in [9.17, 15) is 19.5 Å². The number of hydrogen-bond acceptors (Lipinski definition) is 6. The predicted molar refractivity (Wildman–Crippen MR) is 100 cm³/mol. The number of fused-ring (bicyclic) bond motifs is 1. The van der Waals surface area contributed by atoms with E-state index in [2.05, 4.69) is 5.32 Å². The Bertz CT molecular complexity index is 674. The summed E-state index contributed by atoms with van der Waals surface area (Å²) in [6.07, 6.45) is 1.48. The van der Waals surface area contributed by atoms with E-state index in [0.717, 1.165) is 0 Å². The number of amides is 2. The van der Waals surface area contributed by atoms with Crippen LogP contribution >= 0.6 is 0 Å². The van der Waals surface area contributed by atoms with E-state index in [1.54, 1.807) is 6.92 Å². The van der Waals surface area contributed by atoms with Crippen molar-refractivity contribution in [1.29, 1.82) is 0 Å². The lowest BCUT2D eigenvalue weighted by Gasteiger charge is -2.35. The van der Waals surface area contributed by atoms with Gasteiger partial charge in [-0.2, -0.15) is 0 Å². The van der Waals surface area contributed by atoms with E-state index in [1.807, 2.05) is 27.7 Å². The number of rotatable bonds is 6. The molecule has 0 aliphatic carbocycles. The molecule has 3 fully saturated rings. The van der Waals surface area contributed by atoms with Gasteiger partial charge >= 0.3 is 5.97 Å². The van der Waals surface area contributed by atoms with Crippen LogP contribution in [0, 0.1) is 11.8 Å². The van der Waals surface area contributed by atoms with E-state index < -0.39 is 40.6 Å². The van der Waals surface area contributed by atoms with Crippen LogP contribution in [0.25, 0.3) is 0 Å². The van der Waals surface area contributed by atoms with Crippen LogP contribution in [-0.2, 0) is 23.9 Å². The van der Waals surface area contributed by atoms with Gasteiger partial charge in [0.15, 0.2) is 0 Å². The lowest BCUT2D eigenvalue weighted by atomic mass is 9.66. The molecule has 8 nitrogen and oxygen atoms in total. The fourth-order valence-corrected chi connectivity index (χ4v) is 5.24. The van der Waals surface area contributed by atoms with Gasteiger partial charge in [0.2, 0.25) is 11.8 Å². The molecule has 8 heteroatoms. The van der Waals surface area contributed by atoms with Crippen LogP contribution in [0.4, 0.5) is 0 Å². The minimum atomic E-state index is -1.03. The Morgan fingerprint density at radius 2 is 2.04 bits per heavy atom. The molecule has 2 amide bonds. The van der Waals surface area contributed by atoms with Gasteiger partial charge in [-0.05, 0) is 53.9 Å². The second kappa shape index (κ2) is 6.99. The van der Waals surface area contributed by atoms with Gasteiger partial charge in [0.25, 0.3) is 0 Å². The van der Waals surface area contributed by atoms with Crippen LogP contribution in [0.1, 0.15) is 53.9 Å². The van der Waals surface area contributed by atoms with Crippen LogP contribution in [-0.4, -0.2) is 70.3 Å². The van der Waals surface area contributed by atoms with Crippen molar-refractivity contribution in [3.8, 4) is 0 Å². The monoisotopic (exact) mass is 396 g/mol. The normalized spacial score (nSPS) is 36.6. The smallest absolute Gasteiger partial charge is 0.312 e. The van der Waals surface area contributed by atoms with Gasteiger partial charge in [0.05, 0.1) is 18.1 Å². The zero-order valence-corrected chi connectivity index (χ0v) is 17.4. The molecule has 2 bridgehead atoms. The first-order valence-corrected chi connectivity index (χ1v) is 10.1. The lowest BCUT2D eigenvalue weighted by molar-refractivity contribution is -0.159. The van der Waals surface area contributed by atoms with Crippen molar-refractivity contribution in [2.75, 3.05) is 19.8 Å². The maximum absolute atomic E-state index is 13.4. The standard InChI is InChI=1S/C20H32N2O6/c1-6-27-17(26)13-12-16(25)22(10-7-11-23)14(15(24)21-18(2,3)4)20(12)9-8-19(13,5)28-20/h12-14,23H,6-11H2,1-5H3,(H,21,24)/t12-,13+,14?,19-,20?/m0/s1. The highest BCUT2D eigenvalue weighted by Crippen LogP contribution is 2.63. The maximum atomic E-state index is 13.4. The first-order chi connectivity index (χ1) is 13.0. The number of aliphatic hydroxyl groups excluding tert-OH is 1. The minimum Gasteiger partial charge on any atom is -0.466 e. The van der Waals surface area contributed by atoms with Gasteiger partial charge in [-0.15, -0.1) is 0 Å². The van der Waals surface area contributed by atoms with Gasteiger partial charge in [-0.1, -0.05) is 0 Å². The highest BCUT2D eigenvalue weighted by Gasteiger charge is 2.78. The van der Waals surface area contributed by atoms with Crippen LogP contribution in [0.15, 0.2) is 0 Å². The maximum Gasteiger partial charge on any atom is 0.312 e.